The summed E-state index contributed by atoms with van der Waals surface area (Å²) in [5, 5.41) is 7.18. The molecular formula is C14H18N4O. The largest absolute Gasteiger partial charge is 0.344 e. The minimum absolute atomic E-state index is 0.0159. The Kier molecular flexibility index (Phi) is 3.94. The van der Waals surface area contributed by atoms with Crippen LogP contribution in [0.1, 0.15) is 41.1 Å². The van der Waals surface area contributed by atoms with Gasteiger partial charge in [-0.25, -0.2) is 0 Å². The van der Waals surface area contributed by atoms with E-state index in [4.69, 9.17) is 0 Å². The molecule has 0 fully saturated rings. The highest BCUT2D eigenvalue weighted by Crippen LogP contribution is 2.16. The first-order valence-corrected chi connectivity index (χ1v) is 6.33. The summed E-state index contributed by atoms with van der Waals surface area (Å²) < 4.78 is 1.70. The van der Waals surface area contributed by atoms with Crippen LogP contribution in [0.3, 0.4) is 0 Å². The molecule has 2 aromatic rings. The summed E-state index contributed by atoms with van der Waals surface area (Å²) in [6.45, 7) is 3.96. The van der Waals surface area contributed by atoms with Gasteiger partial charge >= 0.3 is 0 Å². The van der Waals surface area contributed by atoms with E-state index in [1.54, 1.807) is 23.1 Å². The SMILES string of the molecule is CCC(NC(=O)c1cc(C)n(C)n1)c1ccncc1. The summed E-state index contributed by atoms with van der Waals surface area (Å²) in [5.41, 5.74) is 2.47. The lowest BCUT2D eigenvalue weighted by Gasteiger charge is -2.16. The molecule has 0 aromatic carbocycles. The number of amides is 1. The number of hydrogen-bond donors (Lipinski definition) is 1. The molecule has 0 bridgehead atoms. The van der Waals surface area contributed by atoms with E-state index < -0.39 is 0 Å². The smallest absolute Gasteiger partial charge is 0.272 e. The molecule has 100 valence electrons. The number of carbonyl (C=O) groups excluding carboxylic acids is 1. The van der Waals surface area contributed by atoms with Crippen molar-refractivity contribution in [2.75, 3.05) is 0 Å². The molecule has 1 amide bonds. The quantitative estimate of drug-likeness (QED) is 0.912. The van der Waals surface area contributed by atoms with Crippen LogP contribution in [-0.4, -0.2) is 20.7 Å². The van der Waals surface area contributed by atoms with Crippen molar-refractivity contribution in [1.29, 1.82) is 0 Å². The van der Waals surface area contributed by atoms with Gasteiger partial charge in [-0.15, -0.1) is 0 Å². The molecule has 19 heavy (non-hydrogen) atoms. The van der Waals surface area contributed by atoms with E-state index in [-0.39, 0.29) is 11.9 Å². The molecule has 0 aliphatic carbocycles. The topological polar surface area (TPSA) is 59.8 Å². The van der Waals surface area contributed by atoms with Crippen molar-refractivity contribution in [3.63, 3.8) is 0 Å². The van der Waals surface area contributed by atoms with Crippen molar-refractivity contribution >= 4 is 5.91 Å². The highest BCUT2D eigenvalue weighted by Gasteiger charge is 2.16. The van der Waals surface area contributed by atoms with Crippen molar-refractivity contribution < 1.29 is 4.79 Å². The van der Waals surface area contributed by atoms with Crippen LogP contribution in [0.15, 0.2) is 30.6 Å². The van der Waals surface area contributed by atoms with Gasteiger partial charge in [0.2, 0.25) is 0 Å². The summed E-state index contributed by atoms with van der Waals surface area (Å²) in [4.78, 5) is 16.1. The van der Waals surface area contributed by atoms with Crippen LogP contribution < -0.4 is 5.32 Å². The van der Waals surface area contributed by atoms with Gasteiger partial charge in [-0.1, -0.05) is 6.92 Å². The molecule has 0 saturated carbocycles. The number of carbonyl (C=O) groups is 1. The molecule has 5 heteroatoms. The molecule has 2 heterocycles. The number of rotatable bonds is 4. The Hall–Kier alpha value is -2.17. The number of nitrogens with one attached hydrogen (secondary N) is 1. The maximum atomic E-state index is 12.2. The summed E-state index contributed by atoms with van der Waals surface area (Å²) in [6.07, 6.45) is 4.28. The molecule has 1 unspecified atom stereocenters. The number of pyridine rings is 1. The zero-order valence-electron chi connectivity index (χ0n) is 11.4. The van der Waals surface area contributed by atoms with Gasteiger partial charge in [0.05, 0.1) is 6.04 Å². The second-order valence-corrected chi connectivity index (χ2v) is 4.51. The molecule has 2 rings (SSSR count). The Balaban J connectivity index is 2.13. The minimum atomic E-state index is -0.146. The van der Waals surface area contributed by atoms with Crippen LogP contribution in [0.25, 0.3) is 0 Å². The van der Waals surface area contributed by atoms with Gasteiger partial charge in [-0.3, -0.25) is 14.5 Å². The van der Waals surface area contributed by atoms with Gasteiger partial charge in [-0.05, 0) is 37.1 Å². The fraction of sp³-hybridized carbons (Fsp3) is 0.357. The van der Waals surface area contributed by atoms with E-state index in [0.29, 0.717) is 5.69 Å². The van der Waals surface area contributed by atoms with Crippen LogP contribution in [0.2, 0.25) is 0 Å². The third-order valence-electron chi connectivity index (χ3n) is 3.17. The van der Waals surface area contributed by atoms with Crippen molar-refractivity contribution in [2.45, 2.75) is 26.3 Å². The highest BCUT2D eigenvalue weighted by molar-refractivity contribution is 5.92. The van der Waals surface area contributed by atoms with E-state index in [0.717, 1.165) is 17.7 Å². The van der Waals surface area contributed by atoms with Gasteiger partial charge in [-0.2, -0.15) is 5.10 Å². The fourth-order valence-corrected chi connectivity index (χ4v) is 1.92. The second-order valence-electron chi connectivity index (χ2n) is 4.51. The summed E-state index contributed by atoms with van der Waals surface area (Å²) >= 11 is 0. The van der Waals surface area contributed by atoms with Crippen LogP contribution in [0.4, 0.5) is 0 Å². The van der Waals surface area contributed by atoms with Crippen LogP contribution in [0.5, 0.6) is 0 Å². The molecule has 0 aliphatic rings. The van der Waals surface area contributed by atoms with E-state index in [1.165, 1.54) is 0 Å². The Morgan fingerprint density at radius 1 is 1.42 bits per heavy atom. The predicted molar refractivity (Wildman–Crippen MR) is 72.7 cm³/mol. The highest BCUT2D eigenvalue weighted by atomic mass is 16.2. The van der Waals surface area contributed by atoms with Gasteiger partial charge in [0.1, 0.15) is 5.69 Å². The summed E-state index contributed by atoms with van der Waals surface area (Å²) in [5.74, 6) is -0.146. The number of aryl methyl sites for hydroxylation is 2. The monoisotopic (exact) mass is 258 g/mol. The van der Waals surface area contributed by atoms with Crippen LogP contribution in [0, 0.1) is 6.92 Å². The first-order valence-electron chi connectivity index (χ1n) is 6.33. The van der Waals surface area contributed by atoms with Crippen LogP contribution >= 0.6 is 0 Å². The maximum absolute atomic E-state index is 12.2. The van der Waals surface area contributed by atoms with Crippen molar-refractivity contribution in [1.82, 2.24) is 20.1 Å². The molecular weight excluding hydrogens is 240 g/mol. The lowest BCUT2D eigenvalue weighted by atomic mass is 10.1. The third-order valence-corrected chi connectivity index (χ3v) is 3.17. The van der Waals surface area contributed by atoms with E-state index in [9.17, 15) is 4.79 Å². The molecule has 1 atom stereocenters. The number of aromatic nitrogens is 3. The molecule has 2 aromatic heterocycles. The molecule has 0 radical (unpaired) electrons. The lowest BCUT2D eigenvalue weighted by molar-refractivity contribution is 0.0929. The standard InChI is InChI=1S/C14H18N4O/c1-4-12(11-5-7-15-8-6-11)16-14(19)13-9-10(2)18(3)17-13/h5-9,12H,4H2,1-3H3,(H,16,19). The minimum Gasteiger partial charge on any atom is -0.344 e. The Morgan fingerprint density at radius 2 is 2.11 bits per heavy atom. The molecule has 1 N–H and O–H groups in total. The van der Waals surface area contributed by atoms with Crippen molar-refractivity contribution in [2.24, 2.45) is 7.05 Å². The first kappa shape index (κ1) is 13.3. The van der Waals surface area contributed by atoms with Crippen molar-refractivity contribution in [3.05, 3.63) is 47.5 Å². The average molecular weight is 258 g/mol. The molecule has 5 nitrogen and oxygen atoms in total. The maximum Gasteiger partial charge on any atom is 0.272 e. The Bertz CT molecular complexity index is 543. The zero-order valence-corrected chi connectivity index (χ0v) is 11.4. The second kappa shape index (κ2) is 5.65. The van der Waals surface area contributed by atoms with Crippen LogP contribution in [-0.2, 0) is 7.05 Å². The Labute approximate surface area is 112 Å². The third kappa shape index (κ3) is 2.99. The summed E-state index contributed by atoms with van der Waals surface area (Å²) in [7, 11) is 1.83. The normalized spacial score (nSPS) is 12.2. The Morgan fingerprint density at radius 3 is 2.63 bits per heavy atom. The zero-order chi connectivity index (χ0) is 13.8. The lowest BCUT2D eigenvalue weighted by Crippen LogP contribution is -2.28. The molecule has 0 saturated heterocycles. The average Bonchev–Trinajstić information content (AvgIpc) is 2.77. The van der Waals surface area contributed by atoms with E-state index >= 15 is 0 Å². The van der Waals surface area contributed by atoms with Gasteiger partial charge < -0.3 is 5.32 Å². The number of hydrogen-bond acceptors (Lipinski definition) is 3. The first-order chi connectivity index (χ1) is 9.11. The van der Waals surface area contributed by atoms with Gasteiger partial charge in [0.25, 0.3) is 5.91 Å². The van der Waals surface area contributed by atoms with Gasteiger partial charge in [0.15, 0.2) is 0 Å². The van der Waals surface area contributed by atoms with Crippen molar-refractivity contribution in [3.8, 4) is 0 Å². The van der Waals surface area contributed by atoms with Gasteiger partial charge in [0, 0.05) is 25.1 Å². The number of nitrogens with zero attached hydrogens (tertiary/aromatic N) is 3. The molecule has 0 aliphatic heterocycles. The molecule has 0 spiro atoms. The van der Waals surface area contributed by atoms with E-state index in [1.807, 2.05) is 33.0 Å². The summed E-state index contributed by atoms with van der Waals surface area (Å²) in [6, 6.07) is 5.60. The predicted octanol–water partition coefficient (Wildman–Crippen LogP) is 2.00. The fourth-order valence-electron chi connectivity index (χ4n) is 1.92. The van der Waals surface area contributed by atoms with E-state index in [2.05, 4.69) is 15.4 Å².